The van der Waals surface area contributed by atoms with Crippen molar-refractivity contribution in [1.29, 1.82) is 0 Å². The van der Waals surface area contributed by atoms with Crippen LogP contribution in [0.2, 0.25) is 0 Å². The molecule has 2 bridgehead atoms. The maximum Gasteiger partial charge on any atom is 0.152 e. The first-order valence-corrected chi connectivity index (χ1v) is 8.58. The number of Topliss-reactive ketones (excluding diaryl/α,β-unsaturated/α-hetero) is 3. The van der Waals surface area contributed by atoms with E-state index in [1.165, 1.54) is 0 Å². The molecule has 0 amide bonds. The fourth-order valence-corrected chi connectivity index (χ4v) is 5.54. The number of benzene rings is 1. The molecule has 0 saturated heterocycles. The smallest absolute Gasteiger partial charge is 0.152 e. The monoisotopic (exact) mass is 310 g/mol. The van der Waals surface area contributed by atoms with Crippen LogP contribution in [0, 0.1) is 44.4 Å². The molecule has 4 fully saturated rings. The zero-order valence-corrected chi connectivity index (χ0v) is 13.9. The molecule has 3 nitrogen and oxygen atoms in total. The van der Waals surface area contributed by atoms with Crippen molar-refractivity contribution in [3.63, 3.8) is 0 Å². The average Bonchev–Trinajstić information content (AvgIpc) is 2.74. The van der Waals surface area contributed by atoms with E-state index in [1.807, 2.05) is 32.9 Å². The summed E-state index contributed by atoms with van der Waals surface area (Å²) in [6.07, 6.45) is 2.22. The van der Waals surface area contributed by atoms with Crippen LogP contribution >= 0.6 is 0 Å². The van der Waals surface area contributed by atoms with E-state index < -0.39 is 5.92 Å². The molecule has 5 atom stereocenters. The Labute approximate surface area is 136 Å². The summed E-state index contributed by atoms with van der Waals surface area (Å²) < 4.78 is 0. The Morgan fingerprint density at radius 3 is 2.09 bits per heavy atom. The van der Waals surface area contributed by atoms with Gasteiger partial charge in [0.1, 0.15) is 11.7 Å². The quantitative estimate of drug-likeness (QED) is 0.749. The Hall–Kier alpha value is -1.77. The van der Waals surface area contributed by atoms with Crippen LogP contribution in [-0.4, -0.2) is 17.3 Å². The number of aryl methyl sites for hydroxylation is 3. The minimum absolute atomic E-state index is 0.0119. The standard InChI is InChI=1S/C20H22O3/c1-9-6-10(2)15(11(3)7-9)18-19(22)16-12-4-5-13(14(21)8-12)17(16)20(18)23/h6-7,12-13,16-18H,4-5,8H2,1-3H3/t12-,13+,16+,17-,18?/m1/s1. The van der Waals surface area contributed by atoms with Crippen molar-refractivity contribution in [1.82, 2.24) is 0 Å². The molecule has 0 heterocycles. The third-order valence-electron chi connectivity index (χ3n) is 6.31. The van der Waals surface area contributed by atoms with Crippen molar-refractivity contribution >= 4 is 17.3 Å². The van der Waals surface area contributed by atoms with E-state index in [0.29, 0.717) is 6.42 Å². The van der Waals surface area contributed by atoms with Gasteiger partial charge < -0.3 is 0 Å². The van der Waals surface area contributed by atoms with Crippen molar-refractivity contribution in [3.8, 4) is 0 Å². The van der Waals surface area contributed by atoms with Crippen LogP contribution < -0.4 is 0 Å². The lowest BCUT2D eigenvalue weighted by Crippen LogP contribution is -2.46. The maximum absolute atomic E-state index is 13.1. The van der Waals surface area contributed by atoms with Gasteiger partial charge in [0.15, 0.2) is 11.6 Å². The van der Waals surface area contributed by atoms with Gasteiger partial charge in [0.2, 0.25) is 0 Å². The van der Waals surface area contributed by atoms with E-state index in [2.05, 4.69) is 0 Å². The number of carbonyl (C=O) groups excluding carboxylic acids is 3. The van der Waals surface area contributed by atoms with Gasteiger partial charge in [-0.1, -0.05) is 17.7 Å². The number of ketones is 3. The summed E-state index contributed by atoms with van der Waals surface area (Å²) in [5.41, 5.74) is 4.08. The Balaban J connectivity index is 1.82. The first-order valence-electron chi connectivity index (χ1n) is 8.58. The summed E-state index contributed by atoms with van der Waals surface area (Å²) in [4.78, 5) is 38.4. The Morgan fingerprint density at radius 1 is 0.870 bits per heavy atom. The molecule has 120 valence electrons. The predicted octanol–water partition coefficient (Wildman–Crippen LogP) is 3.08. The van der Waals surface area contributed by atoms with Gasteiger partial charge in [0.25, 0.3) is 0 Å². The molecule has 0 N–H and O–H groups in total. The summed E-state index contributed by atoms with van der Waals surface area (Å²) in [6, 6.07) is 4.09. The second-order valence-electron chi connectivity index (χ2n) is 7.72. The molecule has 0 aliphatic heterocycles. The van der Waals surface area contributed by atoms with Gasteiger partial charge >= 0.3 is 0 Å². The second-order valence-corrected chi connectivity index (χ2v) is 7.72. The molecule has 1 aromatic rings. The zero-order valence-electron chi connectivity index (χ0n) is 13.9. The van der Waals surface area contributed by atoms with Crippen molar-refractivity contribution in [2.24, 2.45) is 23.7 Å². The number of fused-ring (bicyclic) bond motifs is 2. The first kappa shape index (κ1) is 14.8. The lowest BCUT2D eigenvalue weighted by molar-refractivity contribution is -0.143. The van der Waals surface area contributed by atoms with E-state index in [0.717, 1.165) is 35.1 Å². The van der Waals surface area contributed by atoms with Gasteiger partial charge in [-0.25, -0.2) is 0 Å². The molecule has 4 aliphatic carbocycles. The molecular formula is C20H22O3. The molecule has 0 aromatic heterocycles. The molecular weight excluding hydrogens is 288 g/mol. The van der Waals surface area contributed by atoms with Crippen LogP contribution in [0.3, 0.4) is 0 Å². The minimum atomic E-state index is -0.639. The molecule has 4 aliphatic rings. The van der Waals surface area contributed by atoms with Crippen LogP contribution in [0.25, 0.3) is 0 Å². The van der Waals surface area contributed by atoms with E-state index in [-0.39, 0.29) is 41.0 Å². The van der Waals surface area contributed by atoms with E-state index in [1.54, 1.807) is 0 Å². The number of rotatable bonds is 1. The van der Waals surface area contributed by atoms with Gasteiger partial charge in [0.05, 0.1) is 0 Å². The van der Waals surface area contributed by atoms with E-state index in [9.17, 15) is 14.4 Å². The maximum atomic E-state index is 13.1. The highest BCUT2D eigenvalue weighted by molar-refractivity contribution is 6.18. The number of hydrogen-bond acceptors (Lipinski definition) is 3. The van der Waals surface area contributed by atoms with Gasteiger partial charge in [-0.05, 0) is 56.2 Å². The summed E-state index contributed by atoms with van der Waals surface area (Å²) in [7, 11) is 0. The van der Waals surface area contributed by atoms with Crippen LogP contribution in [0.1, 0.15) is 47.4 Å². The second kappa shape index (κ2) is 4.86. The highest BCUT2D eigenvalue weighted by Crippen LogP contribution is 2.55. The third-order valence-corrected chi connectivity index (χ3v) is 6.31. The summed E-state index contributed by atoms with van der Waals surface area (Å²) in [5.74, 6) is -0.976. The minimum Gasteiger partial charge on any atom is -0.299 e. The molecule has 1 unspecified atom stereocenters. The molecule has 4 saturated carbocycles. The van der Waals surface area contributed by atoms with Crippen molar-refractivity contribution < 1.29 is 14.4 Å². The third kappa shape index (κ3) is 1.92. The largest absolute Gasteiger partial charge is 0.299 e. The Bertz CT molecular complexity index is 722. The van der Waals surface area contributed by atoms with Crippen LogP contribution in [-0.2, 0) is 14.4 Å². The van der Waals surface area contributed by atoms with Crippen molar-refractivity contribution in [2.75, 3.05) is 0 Å². The average molecular weight is 310 g/mol. The van der Waals surface area contributed by atoms with Gasteiger partial charge in [-0.15, -0.1) is 0 Å². The molecule has 0 radical (unpaired) electrons. The van der Waals surface area contributed by atoms with Crippen LogP contribution in [0.5, 0.6) is 0 Å². The normalized spacial score (nSPS) is 35.8. The highest BCUT2D eigenvalue weighted by atomic mass is 16.2. The van der Waals surface area contributed by atoms with E-state index in [4.69, 9.17) is 0 Å². The molecule has 0 spiro atoms. The summed E-state index contributed by atoms with van der Waals surface area (Å²) in [6.45, 7) is 6.00. The topological polar surface area (TPSA) is 51.2 Å². The van der Waals surface area contributed by atoms with Gasteiger partial charge in [0, 0.05) is 24.2 Å². The lowest BCUT2D eigenvalue weighted by Gasteiger charge is -2.42. The zero-order chi connectivity index (χ0) is 16.5. The molecule has 1 aromatic carbocycles. The number of carbonyl (C=O) groups is 3. The highest BCUT2D eigenvalue weighted by Gasteiger charge is 2.61. The first-order chi connectivity index (χ1) is 10.9. The van der Waals surface area contributed by atoms with Crippen molar-refractivity contribution in [3.05, 3.63) is 34.4 Å². The molecule has 5 rings (SSSR count). The molecule has 23 heavy (non-hydrogen) atoms. The fourth-order valence-electron chi connectivity index (χ4n) is 5.54. The van der Waals surface area contributed by atoms with E-state index >= 15 is 0 Å². The van der Waals surface area contributed by atoms with Crippen molar-refractivity contribution in [2.45, 2.75) is 46.0 Å². The molecule has 3 heteroatoms. The lowest BCUT2D eigenvalue weighted by atomic mass is 9.59. The SMILES string of the molecule is Cc1cc(C)c(C2C(=O)[C@H]3[C@@H]4CC[C@@H](C(=O)C4)[C@H]3C2=O)c(C)c1. The van der Waals surface area contributed by atoms with Crippen LogP contribution in [0.15, 0.2) is 12.1 Å². The van der Waals surface area contributed by atoms with Crippen LogP contribution in [0.4, 0.5) is 0 Å². The summed E-state index contributed by atoms with van der Waals surface area (Å²) in [5, 5.41) is 0. The Kier molecular flexibility index (Phi) is 3.13. The predicted molar refractivity (Wildman–Crippen MR) is 86.2 cm³/mol. The fraction of sp³-hybridized carbons (Fsp3) is 0.550. The van der Waals surface area contributed by atoms with Gasteiger partial charge in [-0.3, -0.25) is 14.4 Å². The Morgan fingerprint density at radius 2 is 1.48 bits per heavy atom. The van der Waals surface area contributed by atoms with Gasteiger partial charge in [-0.2, -0.15) is 0 Å². The summed E-state index contributed by atoms with van der Waals surface area (Å²) >= 11 is 0. The number of hydrogen-bond donors (Lipinski definition) is 0.